The van der Waals surface area contributed by atoms with Gasteiger partial charge in [-0.15, -0.1) is 0 Å². The smallest absolute Gasteiger partial charge is 0.264 e. The molecule has 1 atom stereocenters. The van der Waals surface area contributed by atoms with Crippen molar-refractivity contribution < 1.29 is 27.1 Å². The molecule has 0 aliphatic carbocycles. The fourth-order valence-electron chi connectivity index (χ4n) is 4.54. The van der Waals surface area contributed by atoms with Crippen LogP contribution in [0, 0.1) is 5.82 Å². The Bertz CT molecular complexity index is 1620. The van der Waals surface area contributed by atoms with Gasteiger partial charge < -0.3 is 15.0 Å². The van der Waals surface area contributed by atoms with Crippen molar-refractivity contribution in [3.63, 3.8) is 0 Å². The molecule has 0 radical (unpaired) electrons. The summed E-state index contributed by atoms with van der Waals surface area (Å²) in [4.78, 5) is 28.7. The van der Waals surface area contributed by atoms with Gasteiger partial charge in [0.2, 0.25) is 11.8 Å². The summed E-state index contributed by atoms with van der Waals surface area (Å²) in [6.45, 7) is -0.908. The first-order valence-electron chi connectivity index (χ1n) is 13.2. The van der Waals surface area contributed by atoms with Crippen molar-refractivity contribution in [2.75, 3.05) is 25.0 Å². The van der Waals surface area contributed by atoms with Gasteiger partial charge in [-0.25, -0.2) is 12.8 Å². The molecule has 0 aliphatic rings. The molecule has 4 aromatic carbocycles. The highest BCUT2D eigenvalue weighted by atomic mass is 32.2. The molecule has 0 saturated carbocycles. The minimum Gasteiger partial charge on any atom is -0.497 e. The average molecular weight is 590 g/mol. The molecule has 8 nitrogen and oxygen atoms in total. The van der Waals surface area contributed by atoms with Crippen molar-refractivity contribution in [1.82, 2.24) is 10.2 Å². The number of nitrogens with zero attached hydrogens (tertiary/aromatic N) is 2. The number of nitrogens with one attached hydrogen (secondary N) is 1. The predicted octanol–water partition coefficient (Wildman–Crippen LogP) is 4.42. The summed E-state index contributed by atoms with van der Waals surface area (Å²) in [5, 5.41) is 2.60. The summed E-state index contributed by atoms with van der Waals surface area (Å²) in [5.74, 6) is -1.32. The van der Waals surface area contributed by atoms with Crippen LogP contribution in [0.5, 0.6) is 5.75 Å². The highest BCUT2D eigenvalue weighted by Gasteiger charge is 2.34. The van der Waals surface area contributed by atoms with E-state index in [-0.39, 0.29) is 29.1 Å². The maximum Gasteiger partial charge on any atom is 0.264 e. The Labute approximate surface area is 245 Å². The van der Waals surface area contributed by atoms with Crippen molar-refractivity contribution in [2.45, 2.75) is 23.9 Å². The van der Waals surface area contributed by atoms with E-state index in [4.69, 9.17) is 4.74 Å². The molecule has 1 N–H and O–H groups in total. The second-order valence-electron chi connectivity index (χ2n) is 9.46. The number of likely N-dealkylation sites (N-methyl/N-ethyl adjacent to an activating group) is 1. The van der Waals surface area contributed by atoms with Crippen LogP contribution in [0.4, 0.5) is 10.1 Å². The number of sulfonamides is 1. The lowest BCUT2D eigenvalue weighted by Gasteiger charge is -2.33. The molecule has 0 fully saturated rings. The van der Waals surface area contributed by atoms with E-state index in [2.05, 4.69) is 5.32 Å². The summed E-state index contributed by atoms with van der Waals surface area (Å²) < 4.78 is 49.0. The number of methoxy groups -OCH3 is 1. The first-order valence-corrected chi connectivity index (χ1v) is 14.7. The lowest BCUT2D eigenvalue weighted by Crippen LogP contribution is -2.53. The van der Waals surface area contributed by atoms with Crippen LogP contribution >= 0.6 is 0 Å². The van der Waals surface area contributed by atoms with Gasteiger partial charge in [0.1, 0.15) is 24.2 Å². The number of carbonyl (C=O) groups is 2. The molecule has 0 bridgehead atoms. The molecule has 2 amide bonds. The lowest BCUT2D eigenvalue weighted by atomic mass is 10.0. The molecule has 4 rings (SSSR count). The molecule has 0 saturated heterocycles. The zero-order chi connectivity index (χ0) is 30.1. The number of ether oxygens (including phenoxy) is 1. The number of amides is 2. The Kier molecular flexibility index (Phi) is 9.93. The molecule has 0 aromatic heterocycles. The van der Waals surface area contributed by atoms with E-state index in [9.17, 15) is 22.4 Å². The number of carbonyl (C=O) groups excluding carboxylic acids is 2. The fraction of sp³-hybridized carbons (Fsp3) is 0.188. The molecule has 4 aromatic rings. The van der Waals surface area contributed by atoms with Crippen LogP contribution in [-0.4, -0.2) is 51.9 Å². The summed E-state index contributed by atoms with van der Waals surface area (Å²) >= 11 is 0. The van der Waals surface area contributed by atoms with Gasteiger partial charge in [0.15, 0.2) is 0 Å². The fourth-order valence-corrected chi connectivity index (χ4v) is 5.97. The predicted molar refractivity (Wildman–Crippen MR) is 159 cm³/mol. The molecule has 0 unspecified atom stereocenters. The third kappa shape index (κ3) is 7.13. The maximum absolute atomic E-state index is 14.8. The van der Waals surface area contributed by atoms with Crippen LogP contribution < -0.4 is 14.4 Å². The summed E-state index contributed by atoms with van der Waals surface area (Å²) in [6.07, 6.45) is 0.130. The number of anilines is 1. The number of halogens is 1. The van der Waals surface area contributed by atoms with Gasteiger partial charge in [-0.2, -0.15) is 0 Å². The summed E-state index contributed by atoms with van der Waals surface area (Å²) in [5.41, 5.74) is 1.16. The lowest BCUT2D eigenvalue weighted by molar-refractivity contribution is -0.139. The van der Waals surface area contributed by atoms with Crippen LogP contribution in [0.2, 0.25) is 0 Å². The third-order valence-corrected chi connectivity index (χ3v) is 8.56. The van der Waals surface area contributed by atoms with Crippen molar-refractivity contribution in [3.05, 3.63) is 126 Å². The van der Waals surface area contributed by atoms with Crippen LogP contribution in [0.1, 0.15) is 11.1 Å². The quantitative estimate of drug-likeness (QED) is 0.264. The van der Waals surface area contributed by atoms with E-state index in [1.165, 1.54) is 55.5 Å². The Morgan fingerprint density at radius 3 is 2.17 bits per heavy atom. The number of benzene rings is 4. The first kappa shape index (κ1) is 30.3. The van der Waals surface area contributed by atoms with Crippen molar-refractivity contribution in [1.29, 1.82) is 0 Å². The normalized spacial score (nSPS) is 11.8. The largest absolute Gasteiger partial charge is 0.497 e. The SMILES string of the molecule is CNC(=O)[C@@H](Cc1ccccc1)N(Cc1ccccc1F)C(=O)CN(c1cccc(OC)c1)S(=O)(=O)c1ccccc1. The van der Waals surface area contributed by atoms with Crippen LogP contribution in [-0.2, 0) is 32.6 Å². The molecule has 0 heterocycles. The van der Waals surface area contributed by atoms with Gasteiger partial charge in [0, 0.05) is 31.6 Å². The van der Waals surface area contributed by atoms with Gasteiger partial charge in [-0.05, 0) is 35.9 Å². The molecule has 0 aliphatic heterocycles. The molecular formula is C32H32FN3O5S. The molecule has 42 heavy (non-hydrogen) atoms. The van der Waals surface area contributed by atoms with E-state index in [0.717, 1.165) is 9.87 Å². The zero-order valence-electron chi connectivity index (χ0n) is 23.3. The maximum atomic E-state index is 14.8. The minimum atomic E-state index is -4.24. The monoisotopic (exact) mass is 589 g/mol. The zero-order valence-corrected chi connectivity index (χ0v) is 24.1. The number of rotatable bonds is 12. The van der Waals surface area contributed by atoms with E-state index in [1.54, 1.807) is 42.5 Å². The topological polar surface area (TPSA) is 96.0 Å². The highest BCUT2D eigenvalue weighted by molar-refractivity contribution is 7.92. The molecule has 10 heteroatoms. The Hall–Kier alpha value is -4.70. The second kappa shape index (κ2) is 13.8. The van der Waals surface area contributed by atoms with Crippen LogP contribution in [0.25, 0.3) is 0 Å². The third-order valence-electron chi connectivity index (χ3n) is 6.77. The van der Waals surface area contributed by atoms with Gasteiger partial charge in [-0.1, -0.05) is 72.8 Å². The van der Waals surface area contributed by atoms with E-state index >= 15 is 0 Å². The van der Waals surface area contributed by atoms with Crippen LogP contribution in [0.3, 0.4) is 0 Å². The summed E-state index contributed by atoms with van der Waals surface area (Å²) in [6, 6.07) is 28.1. The van der Waals surface area contributed by atoms with E-state index < -0.39 is 40.2 Å². The first-order chi connectivity index (χ1) is 20.2. The van der Waals surface area contributed by atoms with Crippen molar-refractivity contribution in [2.24, 2.45) is 0 Å². The van der Waals surface area contributed by atoms with Crippen LogP contribution in [0.15, 0.2) is 114 Å². The molecule has 0 spiro atoms. The number of hydrogen-bond donors (Lipinski definition) is 1. The van der Waals surface area contributed by atoms with Gasteiger partial charge in [0.25, 0.3) is 10.0 Å². The highest BCUT2D eigenvalue weighted by Crippen LogP contribution is 2.28. The second-order valence-corrected chi connectivity index (χ2v) is 11.3. The number of hydrogen-bond acceptors (Lipinski definition) is 5. The van der Waals surface area contributed by atoms with Crippen molar-refractivity contribution >= 4 is 27.5 Å². The molecular weight excluding hydrogens is 557 g/mol. The summed E-state index contributed by atoms with van der Waals surface area (Å²) in [7, 11) is -1.34. The Morgan fingerprint density at radius 1 is 0.881 bits per heavy atom. The van der Waals surface area contributed by atoms with Gasteiger partial charge >= 0.3 is 0 Å². The standard InChI is InChI=1S/C32H32FN3O5S/c1-34-32(38)30(20-24-12-5-3-6-13-24)35(22-25-14-9-10-19-29(25)33)31(37)23-36(26-15-11-16-27(21-26)41-2)42(39,40)28-17-7-4-8-18-28/h3-19,21,30H,20,22-23H2,1-2H3,(H,34,38)/t30-/m1/s1. The minimum absolute atomic E-state index is 0.0200. The van der Waals surface area contributed by atoms with Gasteiger partial charge in [0.05, 0.1) is 17.7 Å². The van der Waals surface area contributed by atoms with Gasteiger partial charge in [-0.3, -0.25) is 13.9 Å². The van der Waals surface area contributed by atoms with Crippen molar-refractivity contribution in [3.8, 4) is 5.75 Å². The Balaban J connectivity index is 1.80. The molecule has 218 valence electrons. The Morgan fingerprint density at radius 2 is 1.52 bits per heavy atom. The van der Waals surface area contributed by atoms with E-state index in [1.807, 2.05) is 30.3 Å². The van der Waals surface area contributed by atoms with E-state index in [0.29, 0.717) is 5.75 Å². The average Bonchev–Trinajstić information content (AvgIpc) is 3.02.